The maximum Gasteiger partial charge on any atom is 0.119 e. The average molecular weight is 291 g/mol. The summed E-state index contributed by atoms with van der Waals surface area (Å²) < 4.78 is 5.31. The second kappa shape index (κ2) is 11.6. The van der Waals surface area contributed by atoms with Crippen molar-refractivity contribution in [2.75, 3.05) is 13.7 Å². The Morgan fingerprint density at radius 1 is 1.05 bits per heavy atom. The van der Waals surface area contributed by atoms with Gasteiger partial charge in [0.25, 0.3) is 0 Å². The van der Waals surface area contributed by atoms with Crippen molar-refractivity contribution in [3.8, 4) is 5.75 Å². The SMILES string of the molecule is CCCCCCCCC(Cc1cccc(OC)c1)NCC. The van der Waals surface area contributed by atoms with Gasteiger partial charge in [-0.3, -0.25) is 0 Å². The third kappa shape index (κ3) is 8.11. The number of benzene rings is 1. The van der Waals surface area contributed by atoms with E-state index in [1.54, 1.807) is 7.11 Å². The van der Waals surface area contributed by atoms with E-state index < -0.39 is 0 Å². The Bertz CT molecular complexity index is 364. The van der Waals surface area contributed by atoms with Gasteiger partial charge in [0.2, 0.25) is 0 Å². The van der Waals surface area contributed by atoms with Crippen LogP contribution in [0, 0.1) is 0 Å². The van der Waals surface area contributed by atoms with E-state index in [-0.39, 0.29) is 0 Å². The van der Waals surface area contributed by atoms with E-state index in [9.17, 15) is 0 Å². The third-order valence-corrected chi connectivity index (χ3v) is 4.02. The standard InChI is InChI=1S/C19H33NO/c1-4-6-7-8-9-10-13-18(20-5-2)15-17-12-11-14-19(16-17)21-3/h11-12,14,16,18,20H,4-10,13,15H2,1-3H3. The van der Waals surface area contributed by atoms with Crippen LogP contribution in [0.2, 0.25) is 0 Å². The topological polar surface area (TPSA) is 21.3 Å². The van der Waals surface area contributed by atoms with Gasteiger partial charge in [0.15, 0.2) is 0 Å². The molecular weight excluding hydrogens is 258 g/mol. The molecule has 0 aromatic heterocycles. The highest BCUT2D eigenvalue weighted by molar-refractivity contribution is 5.28. The van der Waals surface area contributed by atoms with E-state index >= 15 is 0 Å². The maximum atomic E-state index is 5.31. The maximum absolute atomic E-state index is 5.31. The fourth-order valence-corrected chi connectivity index (χ4v) is 2.82. The zero-order valence-corrected chi connectivity index (χ0v) is 14.2. The van der Waals surface area contributed by atoms with E-state index in [1.165, 1.54) is 50.5 Å². The minimum absolute atomic E-state index is 0.591. The molecule has 0 amide bonds. The first-order valence-corrected chi connectivity index (χ1v) is 8.66. The van der Waals surface area contributed by atoms with Crippen molar-refractivity contribution < 1.29 is 4.74 Å². The molecule has 21 heavy (non-hydrogen) atoms. The third-order valence-electron chi connectivity index (χ3n) is 4.02. The molecule has 0 aliphatic heterocycles. The summed E-state index contributed by atoms with van der Waals surface area (Å²) in [4.78, 5) is 0. The van der Waals surface area contributed by atoms with Gasteiger partial charge in [0.05, 0.1) is 7.11 Å². The van der Waals surface area contributed by atoms with Crippen molar-refractivity contribution in [1.82, 2.24) is 5.32 Å². The highest BCUT2D eigenvalue weighted by Crippen LogP contribution is 2.16. The van der Waals surface area contributed by atoms with Gasteiger partial charge in [-0.1, -0.05) is 64.5 Å². The fraction of sp³-hybridized carbons (Fsp3) is 0.684. The number of ether oxygens (including phenoxy) is 1. The number of nitrogens with one attached hydrogen (secondary N) is 1. The van der Waals surface area contributed by atoms with Crippen molar-refractivity contribution in [2.45, 2.75) is 71.3 Å². The van der Waals surface area contributed by atoms with Gasteiger partial charge in [-0.25, -0.2) is 0 Å². The number of methoxy groups -OCH3 is 1. The second-order valence-electron chi connectivity index (χ2n) is 5.87. The van der Waals surface area contributed by atoms with Gasteiger partial charge in [0, 0.05) is 6.04 Å². The molecule has 0 aliphatic carbocycles. The average Bonchev–Trinajstić information content (AvgIpc) is 2.51. The highest BCUT2D eigenvalue weighted by atomic mass is 16.5. The predicted octanol–water partition coefficient (Wildman–Crippen LogP) is 4.97. The van der Waals surface area contributed by atoms with Crippen LogP contribution >= 0.6 is 0 Å². The van der Waals surface area contributed by atoms with Gasteiger partial charge < -0.3 is 10.1 Å². The smallest absolute Gasteiger partial charge is 0.119 e. The van der Waals surface area contributed by atoms with E-state index in [0.29, 0.717) is 6.04 Å². The molecule has 0 fully saturated rings. The molecule has 1 aromatic rings. The van der Waals surface area contributed by atoms with E-state index in [4.69, 9.17) is 4.74 Å². The van der Waals surface area contributed by atoms with Gasteiger partial charge >= 0.3 is 0 Å². The summed E-state index contributed by atoms with van der Waals surface area (Å²) in [6.07, 6.45) is 10.6. The molecule has 1 rings (SSSR count). The summed E-state index contributed by atoms with van der Waals surface area (Å²) in [7, 11) is 1.73. The quantitative estimate of drug-likeness (QED) is 0.549. The number of rotatable bonds is 12. The van der Waals surface area contributed by atoms with Crippen molar-refractivity contribution in [1.29, 1.82) is 0 Å². The Morgan fingerprint density at radius 2 is 1.81 bits per heavy atom. The van der Waals surface area contributed by atoms with Crippen LogP contribution < -0.4 is 10.1 Å². The lowest BCUT2D eigenvalue weighted by molar-refractivity contribution is 0.413. The summed E-state index contributed by atoms with van der Waals surface area (Å²) in [5.74, 6) is 0.960. The summed E-state index contributed by atoms with van der Waals surface area (Å²) in [5, 5.41) is 3.63. The monoisotopic (exact) mass is 291 g/mol. The molecule has 0 saturated carbocycles. The van der Waals surface area contributed by atoms with Crippen LogP contribution in [0.4, 0.5) is 0 Å². The first kappa shape index (κ1) is 18.0. The minimum atomic E-state index is 0.591. The Hall–Kier alpha value is -1.02. The normalized spacial score (nSPS) is 12.3. The highest BCUT2D eigenvalue weighted by Gasteiger charge is 2.08. The molecule has 120 valence electrons. The molecule has 0 saturated heterocycles. The first-order valence-electron chi connectivity index (χ1n) is 8.66. The summed E-state index contributed by atoms with van der Waals surface area (Å²) in [6.45, 7) is 5.51. The first-order chi connectivity index (χ1) is 10.3. The molecule has 2 heteroatoms. The zero-order chi connectivity index (χ0) is 15.3. The molecule has 0 bridgehead atoms. The van der Waals surface area contributed by atoms with Gasteiger partial charge in [-0.15, -0.1) is 0 Å². The molecule has 1 unspecified atom stereocenters. The van der Waals surface area contributed by atoms with Gasteiger partial charge in [-0.2, -0.15) is 0 Å². The summed E-state index contributed by atoms with van der Waals surface area (Å²) >= 11 is 0. The van der Waals surface area contributed by atoms with Crippen LogP contribution in [0.25, 0.3) is 0 Å². The van der Waals surface area contributed by atoms with E-state index in [0.717, 1.165) is 18.7 Å². The molecule has 1 aromatic carbocycles. The van der Waals surface area contributed by atoms with E-state index in [2.05, 4.69) is 37.4 Å². The van der Waals surface area contributed by atoms with Crippen LogP contribution in [-0.4, -0.2) is 19.7 Å². The van der Waals surface area contributed by atoms with Gasteiger partial charge in [-0.05, 0) is 37.1 Å². The zero-order valence-electron chi connectivity index (χ0n) is 14.2. The molecule has 0 spiro atoms. The molecule has 0 radical (unpaired) electrons. The minimum Gasteiger partial charge on any atom is -0.497 e. The largest absolute Gasteiger partial charge is 0.497 e. The Kier molecular flexibility index (Phi) is 9.98. The predicted molar refractivity (Wildman–Crippen MR) is 92.2 cm³/mol. The Labute approximate surface area is 131 Å². The van der Waals surface area contributed by atoms with Crippen LogP contribution in [0.15, 0.2) is 24.3 Å². The molecule has 1 atom stereocenters. The van der Waals surface area contributed by atoms with Crippen LogP contribution in [0.1, 0.15) is 64.4 Å². The van der Waals surface area contributed by atoms with Crippen molar-refractivity contribution in [3.05, 3.63) is 29.8 Å². The van der Waals surface area contributed by atoms with Crippen LogP contribution in [0.5, 0.6) is 5.75 Å². The Morgan fingerprint density at radius 3 is 2.52 bits per heavy atom. The summed E-state index contributed by atoms with van der Waals surface area (Å²) in [6, 6.07) is 9.05. The fourth-order valence-electron chi connectivity index (χ4n) is 2.82. The number of likely N-dealkylation sites (N-methyl/N-ethyl adjacent to an activating group) is 1. The van der Waals surface area contributed by atoms with Crippen LogP contribution in [0.3, 0.4) is 0 Å². The number of hydrogen-bond acceptors (Lipinski definition) is 2. The molecule has 0 heterocycles. The van der Waals surface area contributed by atoms with Crippen molar-refractivity contribution >= 4 is 0 Å². The van der Waals surface area contributed by atoms with Gasteiger partial charge in [0.1, 0.15) is 5.75 Å². The lowest BCUT2D eigenvalue weighted by atomic mass is 9.99. The molecular formula is C19H33NO. The second-order valence-corrected chi connectivity index (χ2v) is 5.87. The lowest BCUT2D eigenvalue weighted by Gasteiger charge is -2.18. The van der Waals surface area contributed by atoms with E-state index in [1.807, 2.05) is 6.07 Å². The van der Waals surface area contributed by atoms with Crippen molar-refractivity contribution in [2.24, 2.45) is 0 Å². The molecule has 2 nitrogen and oxygen atoms in total. The lowest BCUT2D eigenvalue weighted by Crippen LogP contribution is -2.30. The Balaban J connectivity index is 2.34. The summed E-state index contributed by atoms with van der Waals surface area (Å²) in [5.41, 5.74) is 1.37. The van der Waals surface area contributed by atoms with Crippen molar-refractivity contribution in [3.63, 3.8) is 0 Å². The number of hydrogen-bond donors (Lipinski definition) is 1. The molecule has 0 aliphatic rings. The number of unbranched alkanes of at least 4 members (excludes halogenated alkanes) is 5. The van der Waals surface area contributed by atoms with Crippen LogP contribution in [-0.2, 0) is 6.42 Å². The molecule has 1 N–H and O–H groups in total.